The highest BCUT2D eigenvalue weighted by Gasteiger charge is 2.12. The number of pyridine rings is 1. The summed E-state index contributed by atoms with van der Waals surface area (Å²) in [5.74, 6) is -0.159. The van der Waals surface area contributed by atoms with Crippen LogP contribution in [0.3, 0.4) is 0 Å². The minimum atomic E-state index is -1.03. The van der Waals surface area contributed by atoms with Crippen molar-refractivity contribution in [1.82, 2.24) is 4.98 Å². The third kappa shape index (κ3) is 2.42. The zero-order chi connectivity index (χ0) is 12.3. The van der Waals surface area contributed by atoms with Crippen LogP contribution in [0.4, 0.5) is 0 Å². The van der Waals surface area contributed by atoms with Gasteiger partial charge in [-0.25, -0.2) is 4.79 Å². The number of carbonyl (C=O) groups is 1. The van der Waals surface area contributed by atoms with Crippen molar-refractivity contribution in [3.63, 3.8) is 0 Å². The molecule has 0 atom stereocenters. The summed E-state index contributed by atoms with van der Waals surface area (Å²) in [6, 6.07) is 8.82. The van der Waals surface area contributed by atoms with Crippen LogP contribution in [0.5, 0.6) is 11.5 Å². The lowest BCUT2D eigenvalue weighted by Gasteiger charge is -2.09. The number of aromatic carboxylic acids is 1. The summed E-state index contributed by atoms with van der Waals surface area (Å²) in [6.45, 7) is 1.89. The quantitative estimate of drug-likeness (QED) is 0.879. The fourth-order valence-electron chi connectivity index (χ4n) is 1.43. The molecule has 1 aromatic carbocycles. The van der Waals surface area contributed by atoms with Gasteiger partial charge in [0.25, 0.3) is 0 Å². The number of hydrogen-bond acceptors (Lipinski definition) is 3. The zero-order valence-corrected chi connectivity index (χ0v) is 9.25. The molecule has 0 aliphatic carbocycles. The average molecular weight is 229 g/mol. The number of nitrogens with zero attached hydrogens (tertiary/aromatic N) is 1. The number of ether oxygens (including phenoxy) is 1. The van der Waals surface area contributed by atoms with E-state index in [1.165, 1.54) is 18.5 Å². The summed E-state index contributed by atoms with van der Waals surface area (Å²) in [4.78, 5) is 14.9. The molecule has 0 aliphatic heterocycles. The lowest BCUT2D eigenvalue weighted by Crippen LogP contribution is -2.00. The summed E-state index contributed by atoms with van der Waals surface area (Å²) in [5.41, 5.74) is 1.04. The minimum Gasteiger partial charge on any atom is -0.478 e. The van der Waals surface area contributed by atoms with E-state index in [4.69, 9.17) is 9.84 Å². The lowest BCUT2D eigenvalue weighted by molar-refractivity contribution is 0.0694. The van der Waals surface area contributed by atoms with Gasteiger partial charge < -0.3 is 9.84 Å². The first-order valence-corrected chi connectivity index (χ1v) is 5.09. The smallest absolute Gasteiger partial charge is 0.339 e. The molecule has 0 spiro atoms. The molecule has 4 heteroatoms. The molecule has 0 amide bonds. The van der Waals surface area contributed by atoms with Gasteiger partial charge in [-0.05, 0) is 24.6 Å². The first-order valence-electron chi connectivity index (χ1n) is 5.09. The summed E-state index contributed by atoms with van der Waals surface area (Å²) in [6.07, 6.45) is 2.82. The van der Waals surface area contributed by atoms with Crippen molar-refractivity contribution in [3.05, 3.63) is 53.9 Å². The van der Waals surface area contributed by atoms with Crippen LogP contribution in [-0.2, 0) is 0 Å². The highest BCUT2D eigenvalue weighted by molar-refractivity contribution is 5.90. The molecule has 0 bridgehead atoms. The third-order valence-corrected chi connectivity index (χ3v) is 2.33. The summed E-state index contributed by atoms with van der Waals surface area (Å²) in [7, 11) is 0. The molecule has 1 heterocycles. The van der Waals surface area contributed by atoms with Crippen molar-refractivity contribution in [3.8, 4) is 11.5 Å². The van der Waals surface area contributed by atoms with E-state index in [1.54, 1.807) is 6.07 Å². The van der Waals surface area contributed by atoms with Gasteiger partial charge in [-0.3, -0.25) is 4.98 Å². The van der Waals surface area contributed by atoms with Gasteiger partial charge >= 0.3 is 5.97 Å². The molecule has 4 nitrogen and oxygen atoms in total. The Morgan fingerprint density at radius 1 is 1.24 bits per heavy atom. The average Bonchev–Trinajstić information content (AvgIpc) is 2.32. The molecule has 2 aromatic rings. The fourth-order valence-corrected chi connectivity index (χ4v) is 1.43. The van der Waals surface area contributed by atoms with Gasteiger partial charge in [0.1, 0.15) is 11.3 Å². The van der Waals surface area contributed by atoms with Gasteiger partial charge in [-0.1, -0.05) is 18.2 Å². The van der Waals surface area contributed by atoms with Crippen molar-refractivity contribution in [2.75, 3.05) is 0 Å². The maximum absolute atomic E-state index is 11.0. The van der Waals surface area contributed by atoms with Crippen molar-refractivity contribution < 1.29 is 14.6 Å². The second-order valence-corrected chi connectivity index (χ2v) is 3.54. The molecule has 0 radical (unpaired) electrons. The number of para-hydroxylation sites is 1. The topological polar surface area (TPSA) is 59.4 Å². The number of carboxylic acids is 1. The zero-order valence-electron chi connectivity index (χ0n) is 9.25. The SMILES string of the molecule is Cc1ccccc1Oc1cnccc1C(=O)O. The molecular weight excluding hydrogens is 218 g/mol. The Morgan fingerprint density at radius 3 is 2.71 bits per heavy atom. The highest BCUT2D eigenvalue weighted by Crippen LogP contribution is 2.26. The first kappa shape index (κ1) is 11.1. The number of rotatable bonds is 3. The second kappa shape index (κ2) is 4.65. The van der Waals surface area contributed by atoms with Crippen LogP contribution in [0.2, 0.25) is 0 Å². The second-order valence-electron chi connectivity index (χ2n) is 3.54. The van der Waals surface area contributed by atoms with Crippen LogP contribution in [0, 0.1) is 6.92 Å². The standard InChI is InChI=1S/C13H11NO3/c1-9-4-2-3-5-11(9)17-12-8-14-7-6-10(12)13(15)16/h2-8H,1H3,(H,15,16). The van der Waals surface area contributed by atoms with Gasteiger partial charge in [-0.2, -0.15) is 0 Å². The molecule has 0 fully saturated rings. The summed E-state index contributed by atoms with van der Waals surface area (Å²) in [5, 5.41) is 9.01. The van der Waals surface area contributed by atoms with Gasteiger partial charge in [0.05, 0.1) is 6.20 Å². The normalized spacial score (nSPS) is 9.94. The number of benzene rings is 1. The molecule has 17 heavy (non-hydrogen) atoms. The largest absolute Gasteiger partial charge is 0.478 e. The van der Waals surface area contributed by atoms with Crippen LogP contribution in [0.25, 0.3) is 0 Å². The molecule has 0 saturated heterocycles. The Bertz CT molecular complexity index is 552. The van der Waals surface area contributed by atoms with E-state index >= 15 is 0 Å². The lowest BCUT2D eigenvalue weighted by atomic mass is 10.2. The van der Waals surface area contributed by atoms with E-state index < -0.39 is 5.97 Å². The van der Waals surface area contributed by atoms with Gasteiger partial charge in [0, 0.05) is 6.20 Å². The Hall–Kier alpha value is -2.36. The molecule has 1 N–H and O–H groups in total. The number of aryl methyl sites for hydroxylation is 1. The Kier molecular flexibility index (Phi) is 3.05. The Balaban J connectivity index is 2.37. The van der Waals surface area contributed by atoms with Crippen LogP contribution < -0.4 is 4.74 Å². The van der Waals surface area contributed by atoms with Crippen molar-refractivity contribution in [2.24, 2.45) is 0 Å². The van der Waals surface area contributed by atoms with E-state index in [9.17, 15) is 4.79 Å². The molecule has 0 aliphatic rings. The number of aromatic nitrogens is 1. The van der Waals surface area contributed by atoms with E-state index in [2.05, 4.69) is 4.98 Å². The maximum Gasteiger partial charge on any atom is 0.339 e. The Morgan fingerprint density at radius 2 is 2.00 bits per heavy atom. The van der Waals surface area contributed by atoms with Gasteiger partial charge in [0.2, 0.25) is 0 Å². The van der Waals surface area contributed by atoms with Gasteiger partial charge in [-0.15, -0.1) is 0 Å². The molecule has 2 rings (SSSR count). The molecule has 0 unspecified atom stereocenters. The van der Waals surface area contributed by atoms with E-state index in [0.29, 0.717) is 5.75 Å². The van der Waals surface area contributed by atoms with Gasteiger partial charge in [0.15, 0.2) is 5.75 Å². The highest BCUT2D eigenvalue weighted by atomic mass is 16.5. The van der Waals surface area contributed by atoms with E-state index in [1.807, 2.05) is 25.1 Å². The maximum atomic E-state index is 11.0. The molecule has 0 saturated carbocycles. The fraction of sp³-hybridized carbons (Fsp3) is 0.0769. The Labute approximate surface area is 98.5 Å². The summed E-state index contributed by atoms with van der Waals surface area (Å²) >= 11 is 0. The van der Waals surface area contributed by atoms with Crippen molar-refractivity contribution in [2.45, 2.75) is 6.92 Å². The molecule has 86 valence electrons. The minimum absolute atomic E-state index is 0.100. The van der Waals surface area contributed by atoms with Crippen molar-refractivity contribution >= 4 is 5.97 Å². The number of carboxylic acid groups (broad SMARTS) is 1. The number of hydrogen-bond donors (Lipinski definition) is 1. The predicted octanol–water partition coefficient (Wildman–Crippen LogP) is 2.88. The molecular formula is C13H11NO3. The van der Waals surface area contributed by atoms with Crippen LogP contribution in [0.15, 0.2) is 42.7 Å². The monoisotopic (exact) mass is 229 g/mol. The summed E-state index contributed by atoms with van der Waals surface area (Å²) < 4.78 is 5.56. The van der Waals surface area contributed by atoms with Crippen molar-refractivity contribution in [1.29, 1.82) is 0 Å². The predicted molar refractivity (Wildman–Crippen MR) is 62.4 cm³/mol. The first-order chi connectivity index (χ1) is 8.18. The third-order valence-electron chi connectivity index (χ3n) is 2.33. The van der Waals surface area contributed by atoms with Crippen LogP contribution in [0.1, 0.15) is 15.9 Å². The van der Waals surface area contributed by atoms with Crippen LogP contribution in [-0.4, -0.2) is 16.1 Å². The van der Waals surface area contributed by atoms with E-state index in [-0.39, 0.29) is 11.3 Å². The van der Waals surface area contributed by atoms with E-state index in [0.717, 1.165) is 5.56 Å². The van der Waals surface area contributed by atoms with Crippen LogP contribution >= 0.6 is 0 Å². The molecule has 1 aromatic heterocycles.